The second kappa shape index (κ2) is 11.9. The molecule has 10 heavy (non-hydrogen) atoms. The number of methoxy groups -OCH3 is 1. The van der Waals surface area contributed by atoms with Crippen molar-refractivity contribution in [3.05, 3.63) is 12.2 Å². The molecule has 0 aromatic heterocycles. The third-order valence-electron chi connectivity index (χ3n) is 0.534. The van der Waals surface area contributed by atoms with E-state index in [0.29, 0.717) is 5.57 Å². The standard InChI is InChI=1S/C5H8O2.Al.O.Zn.3H/c1-4(2)5(6)7-3;;;;;;/h1H2,2-3H3;;;;;;. The van der Waals surface area contributed by atoms with Gasteiger partial charge in [-0.1, -0.05) is 6.58 Å². The van der Waals surface area contributed by atoms with Gasteiger partial charge in [0.25, 0.3) is 0 Å². The molecule has 0 heterocycles. The van der Waals surface area contributed by atoms with Crippen LogP contribution in [0.1, 0.15) is 6.92 Å². The van der Waals surface area contributed by atoms with E-state index in [0.717, 1.165) is 0 Å². The van der Waals surface area contributed by atoms with Crippen LogP contribution in [0.5, 0.6) is 0 Å². The zero-order valence-corrected chi connectivity index (χ0v) is 8.61. The van der Waals surface area contributed by atoms with Crippen LogP contribution in [0, 0.1) is 0 Å². The van der Waals surface area contributed by atoms with Gasteiger partial charge in [0, 0.05) is 5.57 Å². The van der Waals surface area contributed by atoms with E-state index in [1.807, 2.05) is 0 Å². The molecular formula is C5H11AlO3Zn. The van der Waals surface area contributed by atoms with E-state index in [9.17, 15) is 4.79 Å². The van der Waals surface area contributed by atoms with Gasteiger partial charge in [0.15, 0.2) is 17.4 Å². The number of rotatable bonds is 1. The van der Waals surface area contributed by atoms with Crippen LogP contribution in [0.2, 0.25) is 0 Å². The molecule has 3 nitrogen and oxygen atoms in total. The molecule has 0 atom stereocenters. The monoisotopic (exact) mass is 210 g/mol. The molecule has 0 aliphatic carbocycles. The zero-order valence-electron chi connectivity index (χ0n) is 5.64. The summed E-state index contributed by atoms with van der Waals surface area (Å²) in [7, 11) is 1.33. The molecule has 0 aliphatic heterocycles. The quantitative estimate of drug-likeness (QED) is 0.331. The van der Waals surface area contributed by atoms with E-state index < -0.39 is 0 Å². The molecule has 0 saturated heterocycles. The Hall–Kier alpha value is 0.166. The average molecular weight is 212 g/mol. The van der Waals surface area contributed by atoms with Crippen molar-refractivity contribution in [2.24, 2.45) is 0 Å². The SMILES string of the molecule is C=C(C)C(=O)OC.[AlH3].[O]=[Zn]. The molecule has 5 heteroatoms. The Labute approximate surface area is 80.9 Å². The van der Waals surface area contributed by atoms with Crippen LogP contribution >= 0.6 is 0 Å². The summed E-state index contributed by atoms with van der Waals surface area (Å²) >= 11 is 0.125. The summed E-state index contributed by atoms with van der Waals surface area (Å²) < 4.78 is 12.6. The first-order valence-electron chi connectivity index (χ1n) is 2.21. The fourth-order valence-corrected chi connectivity index (χ4v) is 0.174. The number of hydrogen-bond donors (Lipinski definition) is 0. The Kier molecular flexibility index (Phi) is 19.8. The van der Waals surface area contributed by atoms with Crippen molar-refractivity contribution < 1.29 is 31.4 Å². The Morgan fingerprint density at radius 3 is 1.80 bits per heavy atom. The van der Waals surface area contributed by atoms with Crippen LogP contribution in [-0.4, -0.2) is 30.4 Å². The summed E-state index contributed by atoms with van der Waals surface area (Å²) in [5, 5.41) is 0. The predicted octanol–water partition coefficient (Wildman–Crippen LogP) is -0.570. The number of carbonyl (C=O) groups excluding carboxylic acids is 1. The van der Waals surface area contributed by atoms with E-state index >= 15 is 0 Å². The number of esters is 1. The zero-order chi connectivity index (χ0) is 7.86. The molecule has 0 amide bonds. The van der Waals surface area contributed by atoms with Crippen molar-refractivity contribution >= 4 is 23.3 Å². The summed E-state index contributed by atoms with van der Waals surface area (Å²) in [6.45, 7) is 4.95. The Bertz CT molecular complexity index is 115. The maximum atomic E-state index is 10.2. The second-order valence-corrected chi connectivity index (χ2v) is 1.27. The van der Waals surface area contributed by atoms with Gasteiger partial charge in [0.05, 0.1) is 7.11 Å². The Morgan fingerprint density at radius 1 is 1.50 bits per heavy atom. The Balaban J connectivity index is -0.000000149. The van der Waals surface area contributed by atoms with Gasteiger partial charge in [-0.25, -0.2) is 4.79 Å². The minimum absolute atomic E-state index is 0. The molecule has 0 bridgehead atoms. The number of carbonyl (C=O) groups is 1. The molecule has 54 valence electrons. The van der Waals surface area contributed by atoms with Gasteiger partial charge in [-0.3, -0.25) is 0 Å². The molecule has 0 saturated carbocycles. The summed E-state index contributed by atoms with van der Waals surface area (Å²) in [5.74, 6) is -0.347. The van der Waals surface area contributed by atoms with E-state index in [1.165, 1.54) is 7.11 Å². The van der Waals surface area contributed by atoms with Gasteiger partial charge in [-0.15, -0.1) is 0 Å². The van der Waals surface area contributed by atoms with Crippen molar-refractivity contribution in [2.45, 2.75) is 6.92 Å². The third-order valence-corrected chi connectivity index (χ3v) is 0.534. The van der Waals surface area contributed by atoms with E-state index in [-0.39, 0.29) is 41.6 Å². The van der Waals surface area contributed by atoms with E-state index in [4.69, 9.17) is 3.57 Å². The molecule has 0 spiro atoms. The molecule has 0 radical (unpaired) electrons. The van der Waals surface area contributed by atoms with Crippen LogP contribution in [-0.2, 0) is 31.4 Å². The summed E-state index contributed by atoms with van der Waals surface area (Å²) in [5.41, 5.74) is 0.433. The molecule has 0 aromatic rings. The van der Waals surface area contributed by atoms with Crippen molar-refractivity contribution in [3.63, 3.8) is 0 Å². The molecule has 0 unspecified atom stereocenters. The van der Waals surface area contributed by atoms with Gasteiger partial charge in [-0.2, -0.15) is 0 Å². The molecule has 0 N–H and O–H groups in total. The van der Waals surface area contributed by atoms with Crippen molar-refractivity contribution in [1.82, 2.24) is 0 Å². The third kappa shape index (κ3) is 11.0. The maximum absolute atomic E-state index is 10.2. The fraction of sp³-hybridized carbons (Fsp3) is 0.400. The van der Waals surface area contributed by atoms with Gasteiger partial charge in [0.2, 0.25) is 0 Å². The first-order chi connectivity index (χ1) is 4.18. The number of hydrogen-bond acceptors (Lipinski definition) is 3. The fourth-order valence-electron chi connectivity index (χ4n) is 0.174. The summed E-state index contributed by atoms with van der Waals surface area (Å²) in [6.07, 6.45) is 0. The van der Waals surface area contributed by atoms with Crippen LogP contribution in [0.3, 0.4) is 0 Å². The van der Waals surface area contributed by atoms with Crippen molar-refractivity contribution in [1.29, 1.82) is 0 Å². The summed E-state index contributed by atoms with van der Waals surface area (Å²) in [6, 6.07) is 0. The van der Waals surface area contributed by atoms with Crippen molar-refractivity contribution in [3.8, 4) is 0 Å². The minimum atomic E-state index is -0.347. The number of ether oxygens (including phenoxy) is 1. The van der Waals surface area contributed by atoms with Crippen LogP contribution in [0.15, 0.2) is 12.2 Å². The van der Waals surface area contributed by atoms with Gasteiger partial charge in [-0.05, 0) is 6.92 Å². The van der Waals surface area contributed by atoms with Crippen LogP contribution in [0.4, 0.5) is 0 Å². The molecule has 0 aliphatic rings. The molecular weight excluding hydrogens is 200 g/mol. The van der Waals surface area contributed by atoms with Crippen LogP contribution in [0.25, 0.3) is 0 Å². The molecule has 0 rings (SSSR count). The average Bonchev–Trinajstić information content (AvgIpc) is 1.91. The molecule has 0 fully saturated rings. The Morgan fingerprint density at radius 2 is 1.80 bits per heavy atom. The van der Waals surface area contributed by atoms with E-state index in [2.05, 4.69) is 11.3 Å². The molecule has 0 aromatic carbocycles. The summed E-state index contributed by atoms with van der Waals surface area (Å²) in [4.78, 5) is 10.2. The van der Waals surface area contributed by atoms with Crippen molar-refractivity contribution in [2.75, 3.05) is 7.11 Å². The predicted molar refractivity (Wildman–Crippen MR) is 37.5 cm³/mol. The van der Waals surface area contributed by atoms with Gasteiger partial charge >= 0.3 is 27.8 Å². The van der Waals surface area contributed by atoms with Gasteiger partial charge in [0.1, 0.15) is 0 Å². The second-order valence-electron chi connectivity index (χ2n) is 1.27. The van der Waals surface area contributed by atoms with Crippen LogP contribution < -0.4 is 0 Å². The topological polar surface area (TPSA) is 43.4 Å². The first-order valence-corrected chi connectivity index (χ1v) is 3.42. The first kappa shape index (κ1) is 16.6. The normalized spacial score (nSPS) is 6.00. The van der Waals surface area contributed by atoms with E-state index in [1.54, 1.807) is 6.92 Å². The van der Waals surface area contributed by atoms with Gasteiger partial charge < -0.3 is 4.74 Å².